The molecule has 25 heavy (non-hydrogen) atoms. The van der Waals surface area contributed by atoms with Gasteiger partial charge < -0.3 is 10.1 Å². The number of rotatable bonds is 6. The maximum atomic E-state index is 14.5. The van der Waals surface area contributed by atoms with Gasteiger partial charge in [0.15, 0.2) is 0 Å². The van der Waals surface area contributed by atoms with Gasteiger partial charge in [0.25, 0.3) is 0 Å². The first-order chi connectivity index (χ1) is 12.1. The van der Waals surface area contributed by atoms with E-state index in [1.165, 1.54) is 6.07 Å². The molecule has 1 unspecified atom stereocenters. The Morgan fingerprint density at radius 2 is 1.92 bits per heavy atom. The summed E-state index contributed by atoms with van der Waals surface area (Å²) in [4.78, 5) is 12.4. The molecule has 1 fully saturated rings. The minimum absolute atomic E-state index is 0.00610. The number of amides is 1. The summed E-state index contributed by atoms with van der Waals surface area (Å²) < 4.78 is 20.8. The van der Waals surface area contributed by atoms with Crippen LogP contribution in [-0.2, 0) is 9.53 Å². The summed E-state index contributed by atoms with van der Waals surface area (Å²) in [7, 11) is 0. The lowest BCUT2D eigenvalue weighted by Gasteiger charge is -2.21. The number of nitrogens with one attached hydrogen (secondary N) is 1. The zero-order valence-electron chi connectivity index (χ0n) is 13.9. The molecule has 1 aliphatic rings. The Kier molecular flexibility index (Phi) is 6.21. The number of hydrogen-bond donors (Lipinski definition) is 1. The monoisotopic (exact) mass is 405 g/mol. The van der Waals surface area contributed by atoms with Crippen molar-refractivity contribution in [2.24, 2.45) is 0 Å². The van der Waals surface area contributed by atoms with E-state index in [0.29, 0.717) is 10.0 Å². The number of carbonyl (C=O) groups excluding carboxylic acids is 1. The van der Waals surface area contributed by atoms with Crippen molar-refractivity contribution in [2.75, 3.05) is 6.61 Å². The van der Waals surface area contributed by atoms with Gasteiger partial charge >= 0.3 is 0 Å². The fourth-order valence-electron chi connectivity index (χ4n) is 3.17. The Labute approximate surface area is 155 Å². The summed E-state index contributed by atoms with van der Waals surface area (Å²) in [5, 5.41) is 2.91. The van der Waals surface area contributed by atoms with Gasteiger partial charge in [-0.1, -0.05) is 65.2 Å². The predicted octanol–water partition coefficient (Wildman–Crippen LogP) is 4.75. The van der Waals surface area contributed by atoms with Crippen molar-refractivity contribution >= 4 is 21.8 Å². The molecule has 0 aromatic heterocycles. The van der Waals surface area contributed by atoms with Crippen LogP contribution in [0.1, 0.15) is 42.9 Å². The molecule has 2 aromatic rings. The van der Waals surface area contributed by atoms with Crippen LogP contribution in [0.25, 0.3) is 0 Å². The van der Waals surface area contributed by atoms with Crippen molar-refractivity contribution in [1.29, 1.82) is 0 Å². The highest BCUT2D eigenvalue weighted by Crippen LogP contribution is 2.27. The zero-order valence-corrected chi connectivity index (χ0v) is 15.5. The Morgan fingerprint density at radius 1 is 1.20 bits per heavy atom. The lowest BCUT2D eigenvalue weighted by atomic mass is 9.98. The molecule has 1 N–H and O–H groups in total. The van der Waals surface area contributed by atoms with E-state index in [1.54, 1.807) is 12.1 Å². The molecule has 0 heterocycles. The van der Waals surface area contributed by atoms with E-state index in [4.69, 9.17) is 4.74 Å². The van der Waals surface area contributed by atoms with Crippen LogP contribution in [-0.4, -0.2) is 18.6 Å². The van der Waals surface area contributed by atoms with Crippen molar-refractivity contribution in [3.63, 3.8) is 0 Å². The van der Waals surface area contributed by atoms with Gasteiger partial charge in [0.2, 0.25) is 5.91 Å². The normalized spacial score (nSPS) is 15.9. The minimum Gasteiger partial charge on any atom is -0.368 e. The lowest BCUT2D eigenvalue weighted by Crippen LogP contribution is -2.33. The third kappa shape index (κ3) is 4.89. The second-order valence-corrected chi connectivity index (χ2v) is 7.21. The Bertz CT molecular complexity index is 717. The molecule has 1 atom stereocenters. The van der Waals surface area contributed by atoms with Crippen molar-refractivity contribution in [2.45, 2.75) is 37.8 Å². The Morgan fingerprint density at radius 3 is 2.60 bits per heavy atom. The van der Waals surface area contributed by atoms with Crippen molar-refractivity contribution in [3.05, 3.63) is 69.9 Å². The fourth-order valence-corrected chi connectivity index (χ4v) is 3.51. The van der Waals surface area contributed by atoms with E-state index >= 15 is 0 Å². The summed E-state index contributed by atoms with van der Waals surface area (Å²) in [5.41, 5.74) is 1.27. The van der Waals surface area contributed by atoms with Gasteiger partial charge in [-0.25, -0.2) is 4.39 Å². The first-order valence-electron chi connectivity index (χ1n) is 8.54. The minimum atomic E-state index is -0.547. The Balaban J connectivity index is 1.75. The van der Waals surface area contributed by atoms with Gasteiger partial charge in [-0.2, -0.15) is 0 Å². The van der Waals surface area contributed by atoms with Crippen LogP contribution in [0.3, 0.4) is 0 Å². The van der Waals surface area contributed by atoms with E-state index in [-0.39, 0.29) is 24.4 Å². The molecule has 0 aliphatic heterocycles. The van der Waals surface area contributed by atoms with Crippen LogP contribution >= 0.6 is 15.9 Å². The second-order valence-electron chi connectivity index (χ2n) is 6.29. The van der Waals surface area contributed by atoms with Crippen LogP contribution in [0.4, 0.5) is 4.39 Å². The zero-order chi connectivity index (χ0) is 17.6. The molecule has 2 aromatic carbocycles. The number of halogens is 2. The van der Waals surface area contributed by atoms with E-state index in [0.717, 1.165) is 31.2 Å². The number of benzene rings is 2. The topological polar surface area (TPSA) is 38.3 Å². The van der Waals surface area contributed by atoms with E-state index in [9.17, 15) is 9.18 Å². The third-order valence-corrected chi connectivity index (χ3v) is 4.96. The summed E-state index contributed by atoms with van der Waals surface area (Å²) in [6, 6.07) is 13.7. The summed E-state index contributed by atoms with van der Waals surface area (Å²) >= 11 is 3.27. The highest BCUT2D eigenvalue weighted by Gasteiger charge is 2.22. The SMILES string of the molecule is O=C(COC1CCCC1)NC(c1ccccc1)c1ccc(Br)cc1F. The summed E-state index contributed by atoms with van der Waals surface area (Å²) in [6.07, 6.45) is 4.50. The van der Waals surface area contributed by atoms with E-state index < -0.39 is 6.04 Å². The smallest absolute Gasteiger partial charge is 0.246 e. The number of hydrogen-bond acceptors (Lipinski definition) is 2. The summed E-state index contributed by atoms with van der Waals surface area (Å²) in [5.74, 6) is -0.594. The quantitative estimate of drug-likeness (QED) is 0.752. The van der Waals surface area contributed by atoms with Gasteiger partial charge in [0.05, 0.1) is 12.1 Å². The molecule has 1 saturated carbocycles. The number of ether oxygens (including phenoxy) is 1. The molecular weight excluding hydrogens is 385 g/mol. The van der Waals surface area contributed by atoms with Crippen LogP contribution in [0, 0.1) is 5.82 Å². The predicted molar refractivity (Wildman–Crippen MR) is 98.7 cm³/mol. The molecule has 5 heteroatoms. The lowest BCUT2D eigenvalue weighted by molar-refractivity contribution is -0.128. The fraction of sp³-hybridized carbons (Fsp3) is 0.350. The molecule has 1 aliphatic carbocycles. The van der Waals surface area contributed by atoms with Crippen molar-refractivity contribution < 1.29 is 13.9 Å². The van der Waals surface area contributed by atoms with Crippen LogP contribution in [0.5, 0.6) is 0 Å². The average molecular weight is 406 g/mol. The van der Waals surface area contributed by atoms with Gasteiger partial charge in [-0.15, -0.1) is 0 Å². The molecule has 0 saturated heterocycles. The highest BCUT2D eigenvalue weighted by molar-refractivity contribution is 9.10. The molecular formula is C20H21BrFNO2. The molecule has 132 valence electrons. The molecule has 3 nitrogen and oxygen atoms in total. The largest absolute Gasteiger partial charge is 0.368 e. The standard InChI is InChI=1S/C20H21BrFNO2/c21-15-10-11-17(18(22)12-15)20(14-6-2-1-3-7-14)23-19(24)13-25-16-8-4-5-9-16/h1-3,6-7,10-12,16,20H,4-5,8-9,13H2,(H,23,24). The molecule has 0 bridgehead atoms. The third-order valence-electron chi connectivity index (χ3n) is 4.46. The first-order valence-corrected chi connectivity index (χ1v) is 9.33. The average Bonchev–Trinajstić information content (AvgIpc) is 3.13. The van der Waals surface area contributed by atoms with Crippen LogP contribution in [0.2, 0.25) is 0 Å². The first kappa shape index (κ1) is 18.1. The molecule has 0 spiro atoms. The van der Waals surface area contributed by atoms with Crippen LogP contribution in [0.15, 0.2) is 53.0 Å². The Hall–Kier alpha value is -1.72. The number of carbonyl (C=O) groups is 1. The molecule has 3 rings (SSSR count). The van der Waals surface area contributed by atoms with Gasteiger partial charge in [0.1, 0.15) is 12.4 Å². The maximum Gasteiger partial charge on any atom is 0.246 e. The second kappa shape index (κ2) is 8.59. The van der Waals surface area contributed by atoms with Crippen LogP contribution < -0.4 is 5.32 Å². The van der Waals surface area contributed by atoms with Crippen molar-refractivity contribution in [1.82, 2.24) is 5.32 Å². The van der Waals surface area contributed by atoms with E-state index in [2.05, 4.69) is 21.2 Å². The van der Waals surface area contributed by atoms with Crippen molar-refractivity contribution in [3.8, 4) is 0 Å². The molecule has 0 radical (unpaired) electrons. The van der Waals surface area contributed by atoms with E-state index in [1.807, 2.05) is 30.3 Å². The van der Waals surface area contributed by atoms with Gasteiger partial charge in [-0.3, -0.25) is 4.79 Å². The highest BCUT2D eigenvalue weighted by atomic mass is 79.9. The summed E-state index contributed by atoms with van der Waals surface area (Å²) in [6.45, 7) is 0.00610. The van der Waals surface area contributed by atoms with Gasteiger partial charge in [-0.05, 0) is 30.5 Å². The molecule has 1 amide bonds. The maximum absolute atomic E-state index is 14.5. The van der Waals surface area contributed by atoms with Gasteiger partial charge in [0, 0.05) is 10.0 Å².